The molecule has 2 N–H and O–H groups in total. The number of hydrogen-bond acceptors (Lipinski definition) is 3. The fraction of sp³-hybridized carbons (Fsp3) is 0.357. The number of nitrogens with zero attached hydrogens (tertiary/aromatic N) is 2. The maximum atomic E-state index is 6.25. The van der Waals surface area contributed by atoms with Crippen LogP contribution in [-0.4, -0.2) is 9.78 Å². The molecule has 0 fully saturated rings. The van der Waals surface area contributed by atoms with E-state index in [4.69, 9.17) is 17.3 Å². The van der Waals surface area contributed by atoms with E-state index in [0.29, 0.717) is 0 Å². The number of thioether (sulfide) groups is 1. The van der Waals surface area contributed by atoms with Crippen LogP contribution in [0.3, 0.4) is 0 Å². The molecule has 1 heterocycles. The minimum Gasteiger partial charge on any atom is -0.324 e. The lowest BCUT2D eigenvalue weighted by Crippen LogP contribution is -2.04. The third-order valence-electron chi connectivity index (χ3n) is 3.02. The number of nitrogens with two attached hydrogens (primary N) is 1. The van der Waals surface area contributed by atoms with Crippen LogP contribution in [0, 0.1) is 6.92 Å². The average Bonchev–Trinajstić information content (AvgIpc) is 2.61. The molecule has 1 aromatic carbocycles. The minimum absolute atomic E-state index is 0.0584. The Morgan fingerprint density at radius 3 is 2.79 bits per heavy atom. The van der Waals surface area contributed by atoms with Crippen molar-refractivity contribution in [3.63, 3.8) is 0 Å². The Labute approximate surface area is 123 Å². The second kappa shape index (κ2) is 5.99. The van der Waals surface area contributed by atoms with E-state index in [1.54, 1.807) is 11.8 Å². The Morgan fingerprint density at radius 2 is 2.21 bits per heavy atom. The summed E-state index contributed by atoms with van der Waals surface area (Å²) in [6.45, 7) is 3.92. The van der Waals surface area contributed by atoms with Crippen molar-refractivity contribution in [2.45, 2.75) is 30.5 Å². The van der Waals surface area contributed by atoms with Crippen molar-refractivity contribution >= 4 is 23.4 Å². The summed E-state index contributed by atoms with van der Waals surface area (Å²) in [7, 11) is 1.92. The molecule has 0 bridgehead atoms. The van der Waals surface area contributed by atoms with Crippen LogP contribution in [0.2, 0.25) is 5.02 Å². The van der Waals surface area contributed by atoms with E-state index in [1.165, 1.54) is 4.90 Å². The molecule has 3 nitrogen and oxygen atoms in total. The Kier molecular flexibility index (Phi) is 4.55. The topological polar surface area (TPSA) is 43.8 Å². The summed E-state index contributed by atoms with van der Waals surface area (Å²) < 4.78 is 1.85. The van der Waals surface area contributed by atoms with Crippen LogP contribution in [0.5, 0.6) is 0 Å². The first-order valence-corrected chi connectivity index (χ1v) is 7.51. The van der Waals surface area contributed by atoms with Crippen LogP contribution in [0.15, 0.2) is 29.2 Å². The van der Waals surface area contributed by atoms with E-state index in [0.717, 1.165) is 27.7 Å². The molecule has 0 aliphatic rings. The Bertz CT molecular complexity index is 578. The fourth-order valence-corrected chi connectivity index (χ4v) is 3.21. The van der Waals surface area contributed by atoms with Crippen LogP contribution in [0.4, 0.5) is 0 Å². The second-order valence-corrected chi connectivity index (χ2v) is 6.05. The first kappa shape index (κ1) is 14.4. The molecule has 1 aromatic heterocycles. The van der Waals surface area contributed by atoms with Gasteiger partial charge in [-0.2, -0.15) is 5.10 Å². The van der Waals surface area contributed by atoms with E-state index in [2.05, 4.69) is 23.3 Å². The van der Waals surface area contributed by atoms with Crippen molar-refractivity contribution in [3.05, 3.63) is 46.2 Å². The largest absolute Gasteiger partial charge is 0.324 e. The fourth-order valence-electron chi connectivity index (χ4n) is 1.88. The summed E-state index contributed by atoms with van der Waals surface area (Å²) in [5, 5.41) is 5.08. The Morgan fingerprint density at radius 1 is 1.47 bits per heavy atom. The summed E-state index contributed by atoms with van der Waals surface area (Å²) in [4.78, 5) is 1.20. The standard InChI is InChI=1S/C14H18ClN3S/c1-9(16)11-5-4-6-12(7-11)19-8-13-14(15)10(2)17-18(13)3/h4-7,9H,8,16H2,1-3H3. The molecule has 19 heavy (non-hydrogen) atoms. The summed E-state index contributed by atoms with van der Waals surface area (Å²) in [6, 6.07) is 8.37. The molecule has 0 aliphatic heterocycles. The van der Waals surface area contributed by atoms with Crippen LogP contribution >= 0.6 is 23.4 Å². The van der Waals surface area contributed by atoms with E-state index in [9.17, 15) is 0 Å². The van der Waals surface area contributed by atoms with E-state index < -0.39 is 0 Å². The van der Waals surface area contributed by atoms with Gasteiger partial charge in [-0.1, -0.05) is 23.7 Å². The van der Waals surface area contributed by atoms with E-state index in [-0.39, 0.29) is 6.04 Å². The first-order chi connectivity index (χ1) is 8.99. The average molecular weight is 296 g/mol. The van der Waals surface area contributed by atoms with E-state index in [1.807, 2.05) is 31.6 Å². The highest BCUT2D eigenvalue weighted by Gasteiger charge is 2.11. The number of benzene rings is 1. The zero-order valence-corrected chi connectivity index (χ0v) is 12.9. The molecule has 5 heteroatoms. The van der Waals surface area contributed by atoms with Gasteiger partial charge in [-0.3, -0.25) is 4.68 Å². The summed E-state index contributed by atoms with van der Waals surface area (Å²) >= 11 is 7.99. The first-order valence-electron chi connectivity index (χ1n) is 6.15. The molecule has 0 amide bonds. The van der Waals surface area contributed by atoms with Crippen molar-refractivity contribution in [3.8, 4) is 0 Å². The number of aromatic nitrogens is 2. The van der Waals surface area contributed by atoms with Crippen molar-refractivity contribution in [2.24, 2.45) is 12.8 Å². The number of hydrogen-bond donors (Lipinski definition) is 1. The third kappa shape index (κ3) is 3.32. The highest BCUT2D eigenvalue weighted by molar-refractivity contribution is 7.98. The molecule has 0 aliphatic carbocycles. The van der Waals surface area contributed by atoms with Gasteiger partial charge in [-0.15, -0.1) is 11.8 Å². The van der Waals surface area contributed by atoms with Crippen LogP contribution in [0.1, 0.15) is 29.9 Å². The molecule has 102 valence electrons. The Hall–Kier alpha value is -0.970. The molecule has 1 atom stereocenters. The molecule has 1 unspecified atom stereocenters. The highest BCUT2D eigenvalue weighted by atomic mass is 35.5. The number of halogens is 1. The van der Waals surface area contributed by atoms with Gasteiger partial charge in [-0.25, -0.2) is 0 Å². The van der Waals surface area contributed by atoms with Crippen LogP contribution in [0.25, 0.3) is 0 Å². The van der Waals surface area contributed by atoms with Gasteiger partial charge in [0.25, 0.3) is 0 Å². The van der Waals surface area contributed by atoms with Crippen molar-refractivity contribution in [1.29, 1.82) is 0 Å². The highest BCUT2D eigenvalue weighted by Crippen LogP contribution is 2.29. The third-order valence-corrected chi connectivity index (χ3v) is 4.52. The monoisotopic (exact) mass is 295 g/mol. The lowest BCUT2D eigenvalue weighted by Gasteiger charge is -2.08. The predicted octanol–water partition coefficient (Wildman–Crippen LogP) is 3.69. The lowest BCUT2D eigenvalue weighted by molar-refractivity contribution is 0.727. The molecular weight excluding hydrogens is 278 g/mol. The molecule has 2 aromatic rings. The van der Waals surface area contributed by atoms with Gasteiger partial charge >= 0.3 is 0 Å². The smallest absolute Gasteiger partial charge is 0.0855 e. The second-order valence-electron chi connectivity index (χ2n) is 4.62. The van der Waals surface area contributed by atoms with Crippen LogP contribution in [-0.2, 0) is 12.8 Å². The number of aryl methyl sites for hydroxylation is 2. The summed E-state index contributed by atoms with van der Waals surface area (Å²) in [5.74, 6) is 0.804. The van der Waals surface area contributed by atoms with Crippen molar-refractivity contribution in [2.75, 3.05) is 0 Å². The van der Waals surface area contributed by atoms with E-state index >= 15 is 0 Å². The maximum Gasteiger partial charge on any atom is 0.0855 e. The van der Waals surface area contributed by atoms with Crippen molar-refractivity contribution < 1.29 is 0 Å². The van der Waals surface area contributed by atoms with Gasteiger partial charge in [0.1, 0.15) is 0 Å². The van der Waals surface area contributed by atoms with Gasteiger partial charge in [-0.05, 0) is 31.5 Å². The molecule has 0 saturated carbocycles. The van der Waals surface area contributed by atoms with Gasteiger partial charge in [0.05, 0.1) is 16.4 Å². The Balaban J connectivity index is 2.12. The minimum atomic E-state index is 0.0584. The maximum absolute atomic E-state index is 6.25. The summed E-state index contributed by atoms with van der Waals surface area (Å²) in [6.07, 6.45) is 0. The zero-order chi connectivity index (χ0) is 14.0. The molecule has 2 rings (SSSR count). The molecule has 0 saturated heterocycles. The lowest BCUT2D eigenvalue weighted by atomic mass is 10.1. The molecule has 0 radical (unpaired) electrons. The van der Waals surface area contributed by atoms with Crippen LogP contribution < -0.4 is 5.73 Å². The predicted molar refractivity (Wildman–Crippen MR) is 81.6 cm³/mol. The van der Waals surface area contributed by atoms with Crippen molar-refractivity contribution in [1.82, 2.24) is 9.78 Å². The normalized spacial score (nSPS) is 12.7. The molecule has 0 spiro atoms. The van der Waals surface area contributed by atoms with Gasteiger partial charge in [0.15, 0.2) is 0 Å². The van der Waals surface area contributed by atoms with Gasteiger partial charge in [0.2, 0.25) is 0 Å². The number of rotatable bonds is 4. The van der Waals surface area contributed by atoms with Gasteiger partial charge < -0.3 is 5.73 Å². The quantitative estimate of drug-likeness (QED) is 0.875. The molecular formula is C14H18ClN3S. The summed E-state index contributed by atoms with van der Waals surface area (Å²) in [5.41, 5.74) is 8.98. The SMILES string of the molecule is Cc1nn(C)c(CSc2cccc(C(C)N)c2)c1Cl. The van der Waals surface area contributed by atoms with Gasteiger partial charge in [0, 0.05) is 23.7 Å². The zero-order valence-electron chi connectivity index (χ0n) is 11.4.